The molecule has 0 spiro atoms. The van der Waals surface area contributed by atoms with Crippen LogP contribution in [0.15, 0.2) is 102 Å². The van der Waals surface area contributed by atoms with Crippen LogP contribution in [0.2, 0.25) is 0 Å². The summed E-state index contributed by atoms with van der Waals surface area (Å²) in [5.74, 6) is 1.22. The summed E-state index contributed by atoms with van der Waals surface area (Å²) in [6.45, 7) is 6.97. The molecule has 0 saturated heterocycles. The Balaban J connectivity index is 1.39. The summed E-state index contributed by atoms with van der Waals surface area (Å²) in [7, 11) is -1.98. The summed E-state index contributed by atoms with van der Waals surface area (Å²) in [4.78, 5) is 17.7. The van der Waals surface area contributed by atoms with Crippen LogP contribution < -0.4 is 14.2 Å². The molecular formula is C36H41N3O6S. The second-order valence-corrected chi connectivity index (χ2v) is 13.7. The lowest BCUT2D eigenvalue weighted by Gasteiger charge is -2.38. The van der Waals surface area contributed by atoms with Crippen LogP contribution in [-0.4, -0.2) is 68.1 Å². The molecule has 0 fully saturated rings. The minimum atomic E-state index is -3.97. The van der Waals surface area contributed by atoms with Gasteiger partial charge in [0.25, 0.3) is 15.9 Å². The van der Waals surface area contributed by atoms with Crippen molar-refractivity contribution in [3.8, 4) is 17.2 Å². The van der Waals surface area contributed by atoms with Crippen molar-refractivity contribution in [1.29, 1.82) is 0 Å². The van der Waals surface area contributed by atoms with Crippen molar-refractivity contribution in [2.45, 2.75) is 44.4 Å². The molecule has 2 N–H and O–H groups in total. The quantitative estimate of drug-likeness (QED) is 0.208. The van der Waals surface area contributed by atoms with Crippen LogP contribution in [0.5, 0.6) is 17.2 Å². The molecule has 0 bridgehead atoms. The third-order valence-corrected chi connectivity index (χ3v) is 9.49. The fourth-order valence-corrected chi connectivity index (χ4v) is 6.50. The minimum Gasteiger partial charge on any atom is -0.486 e. The predicted octanol–water partition coefficient (Wildman–Crippen LogP) is 5.94. The number of carbonyl (C=O) groups excluding carboxylic acids is 1. The number of carbonyl (C=O) groups is 1. The van der Waals surface area contributed by atoms with Gasteiger partial charge in [0.2, 0.25) is 0 Å². The first-order chi connectivity index (χ1) is 22.0. The van der Waals surface area contributed by atoms with Gasteiger partial charge in [0.15, 0.2) is 5.75 Å². The number of aryl methyl sites for hydroxylation is 1. The van der Waals surface area contributed by atoms with Crippen LogP contribution >= 0.6 is 0 Å². The summed E-state index contributed by atoms with van der Waals surface area (Å²) in [6.07, 6.45) is -0.407. The van der Waals surface area contributed by atoms with Crippen molar-refractivity contribution in [3.63, 3.8) is 0 Å². The van der Waals surface area contributed by atoms with Gasteiger partial charge >= 0.3 is 0 Å². The van der Waals surface area contributed by atoms with E-state index in [0.29, 0.717) is 19.6 Å². The van der Waals surface area contributed by atoms with Gasteiger partial charge in [-0.05, 0) is 75.0 Å². The highest BCUT2D eigenvalue weighted by Gasteiger charge is 2.35. The molecule has 10 heteroatoms. The van der Waals surface area contributed by atoms with Gasteiger partial charge in [-0.2, -0.15) is 0 Å². The Morgan fingerprint density at radius 2 is 1.65 bits per heavy atom. The van der Waals surface area contributed by atoms with Crippen LogP contribution in [0.25, 0.3) is 0 Å². The number of para-hydroxylation sites is 2. The number of ether oxygens (including phenoxy) is 2. The number of aliphatic hydroxyl groups excluding tert-OH is 1. The topological polar surface area (TPSA) is 108 Å². The van der Waals surface area contributed by atoms with E-state index in [4.69, 9.17) is 9.47 Å². The van der Waals surface area contributed by atoms with E-state index in [9.17, 15) is 18.3 Å². The van der Waals surface area contributed by atoms with Crippen LogP contribution in [0.1, 0.15) is 35.3 Å². The number of hydrogen-bond acceptors (Lipinski definition) is 7. The molecule has 1 amide bonds. The maximum absolute atomic E-state index is 13.8. The molecule has 0 saturated carbocycles. The smallest absolute Gasteiger partial charge is 0.262 e. The van der Waals surface area contributed by atoms with E-state index in [1.807, 2.05) is 75.5 Å². The number of sulfonamides is 1. The summed E-state index contributed by atoms with van der Waals surface area (Å²) in [5.41, 5.74) is 2.43. The first-order valence-electron chi connectivity index (χ1n) is 15.4. The monoisotopic (exact) mass is 643 g/mol. The number of amides is 1. The van der Waals surface area contributed by atoms with Gasteiger partial charge < -0.3 is 19.5 Å². The van der Waals surface area contributed by atoms with Crippen LogP contribution in [-0.2, 0) is 16.6 Å². The average Bonchev–Trinajstić information content (AvgIpc) is 3.04. The van der Waals surface area contributed by atoms with Gasteiger partial charge in [-0.15, -0.1) is 0 Å². The molecule has 0 unspecified atom stereocenters. The van der Waals surface area contributed by atoms with E-state index >= 15 is 0 Å². The number of anilines is 1. The third kappa shape index (κ3) is 7.88. The maximum Gasteiger partial charge on any atom is 0.262 e. The van der Waals surface area contributed by atoms with Gasteiger partial charge in [-0.25, -0.2) is 8.42 Å². The van der Waals surface area contributed by atoms with Crippen molar-refractivity contribution < 1.29 is 27.8 Å². The second kappa shape index (κ2) is 14.4. The molecule has 0 radical (unpaired) electrons. The summed E-state index contributed by atoms with van der Waals surface area (Å²) in [6, 6.07) is 28.5. The lowest BCUT2D eigenvalue weighted by atomic mass is 9.99. The lowest BCUT2D eigenvalue weighted by molar-refractivity contribution is 0.0344. The van der Waals surface area contributed by atoms with E-state index in [2.05, 4.69) is 9.62 Å². The second-order valence-electron chi connectivity index (χ2n) is 12.0. The Hall–Kier alpha value is -4.38. The third-order valence-electron chi connectivity index (χ3n) is 8.11. The van der Waals surface area contributed by atoms with Gasteiger partial charge in [0.1, 0.15) is 17.6 Å². The Morgan fingerprint density at radius 1 is 0.978 bits per heavy atom. The summed E-state index contributed by atoms with van der Waals surface area (Å²) < 4.78 is 42.0. The zero-order chi connectivity index (χ0) is 32.8. The number of hydrogen-bond donors (Lipinski definition) is 2. The normalized spacial score (nSPS) is 17.4. The summed E-state index contributed by atoms with van der Waals surface area (Å²) >= 11 is 0. The Morgan fingerprint density at radius 3 is 2.33 bits per heavy atom. The first kappa shape index (κ1) is 33.0. The van der Waals surface area contributed by atoms with Crippen molar-refractivity contribution in [2.24, 2.45) is 5.92 Å². The molecule has 1 aliphatic heterocycles. The predicted molar refractivity (Wildman–Crippen MR) is 179 cm³/mol. The molecule has 46 heavy (non-hydrogen) atoms. The Labute approximate surface area is 271 Å². The van der Waals surface area contributed by atoms with Gasteiger partial charge in [0, 0.05) is 25.6 Å². The van der Waals surface area contributed by atoms with E-state index < -0.39 is 22.2 Å². The fraction of sp³-hybridized carbons (Fsp3) is 0.306. The zero-order valence-electron chi connectivity index (χ0n) is 26.6. The molecule has 0 aliphatic carbocycles. The van der Waals surface area contributed by atoms with E-state index in [0.717, 1.165) is 22.6 Å². The van der Waals surface area contributed by atoms with Crippen LogP contribution in [0, 0.1) is 12.8 Å². The highest BCUT2D eigenvalue weighted by Crippen LogP contribution is 2.36. The molecular weight excluding hydrogens is 602 g/mol. The van der Waals surface area contributed by atoms with Crippen molar-refractivity contribution >= 4 is 21.6 Å². The Kier molecular flexibility index (Phi) is 10.3. The average molecular weight is 644 g/mol. The minimum absolute atomic E-state index is 0.105. The van der Waals surface area contributed by atoms with Crippen LogP contribution in [0.3, 0.4) is 0 Å². The summed E-state index contributed by atoms with van der Waals surface area (Å²) in [5, 5.41) is 10.00. The Bertz CT molecular complexity index is 1730. The molecule has 4 aromatic rings. The molecule has 5 rings (SSSR count). The largest absolute Gasteiger partial charge is 0.486 e. The van der Waals surface area contributed by atoms with Gasteiger partial charge in [-0.1, -0.05) is 61.0 Å². The molecule has 1 aliphatic rings. The highest BCUT2D eigenvalue weighted by molar-refractivity contribution is 7.92. The SMILES string of the molecule is Cc1ccc(S(=O)(=O)Nc2cccc3c2O[C@@H](CN(C)Cc2ccc(Oc4ccccc4)cc2)[C@H](C)CN([C@H](C)CO)C3=O)cc1. The van der Waals surface area contributed by atoms with Crippen molar-refractivity contribution in [1.82, 2.24) is 9.80 Å². The molecule has 242 valence electrons. The molecule has 9 nitrogen and oxygen atoms in total. The number of nitrogens with zero attached hydrogens (tertiary/aromatic N) is 2. The number of nitrogens with one attached hydrogen (secondary N) is 1. The van der Waals surface area contributed by atoms with E-state index in [-0.39, 0.29) is 40.3 Å². The number of fused-ring (bicyclic) bond motifs is 1. The van der Waals surface area contributed by atoms with Gasteiger partial charge in [-0.3, -0.25) is 14.4 Å². The van der Waals surface area contributed by atoms with Crippen molar-refractivity contribution in [3.05, 3.63) is 114 Å². The van der Waals surface area contributed by atoms with Crippen molar-refractivity contribution in [2.75, 3.05) is 31.5 Å². The zero-order valence-corrected chi connectivity index (χ0v) is 27.4. The first-order valence-corrected chi connectivity index (χ1v) is 16.8. The van der Waals surface area contributed by atoms with E-state index in [1.165, 1.54) is 0 Å². The van der Waals surface area contributed by atoms with Crippen LogP contribution in [0.4, 0.5) is 5.69 Å². The standard InChI is InChI=1S/C36H41N3O6S/c1-25-13-19-31(20-14-25)46(42,43)37-33-12-8-11-32-35(33)45-34(26(2)21-39(36(32)41)27(3)24-40)23-38(4)22-28-15-17-30(18-16-28)44-29-9-6-5-7-10-29/h5-20,26-27,34,37,40H,21-24H2,1-4H3/t26-,27-,34+/m1/s1. The molecule has 0 aromatic heterocycles. The maximum atomic E-state index is 13.8. The molecule has 3 atom stereocenters. The number of benzene rings is 4. The highest BCUT2D eigenvalue weighted by atomic mass is 32.2. The lowest BCUT2D eigenvalue weighted by Crippen LogP contribution is -2.49. The van der Waals surface area contributed by atoms with E-state index in [1.54, 1.807) is 54.3 Å². The molecule has 4 aromatic carbocycles. The number of rotatable bonds is 11. The van der Waals surface area contributed by atoms with Gasteiger partial charge in [0.05, 0.1) is 28.8 Å². The number of likely N-dealkylation sites (N-methyl/N-ethyl adjacent to an activating group) is 1. The number of aliphatic hydroxyl groups is 1. The molecule has 1 heterocycles. The fourth-order valence-electron chi connectivity index (χ4n) is 5.43.